The molecule has 0 aliphatic heterocycles. The maximum Gasteiger partial charge on any atom is 0.329 e. The molecule has 1 aliphatic carbocycles. The van der Waals surface area contributed by atoms with Gasteiger partial charge in [-0.1, -0.05) is 43.2 Å². The van der Waals surface area contributed by atoms with Crippen LogP contribution in [0.2, 0.25) is 0 Å². The minimum Gasteiger partial charge on any atom is -0.507 e. The summed E-state index contributed by atoms with van der Waals surface area (Å²) < 4.78 is 0. The summed E-state index contributed by atoms with van der Waals surface area (Å²) in [6.45, 7) is 0. The molecule has 6 nitrogen and oxygen atoms in total. The number of phenols is 1. The SMILES string of the molecule is O=C(N/N=C\c1c(O)ccc2ccccc12)C(=O)NC1CCCC1. The van der Waals surface area contributed by atoms with Crippen molar-refractivity contribution in [1.82, 2.24) is 10.7 Å². The number of carbonyl (C=O) groups is 2. The van der Waals surface area contributed by atoms with Crippen LogP contribution in [0.3, 0.4) is 0 Å². The maximum absolute atomic E-state index is 11.8. The molecule has 6 heteroatoms. The average Bonchev–Trinajstić information content (AvgIpc) is 3.09. The van der Waals surface area contributed by atoms with Gasteiger partial charge in [0.05, 0.1) is 6.21 Å². The van der Waals surface area contributed by atoms with Gasteiger partial charge in [-0.25, -0.2) is 5.43 Å². The second-order valence-electron chi connectivity index (χ2n) is 5.87. The van der Waals surface area contributed by atoms with Gasteiger partial charge < -0.3 is 10.4 Å². The molecule has 0 bridgehead atoms. The average molecular weight is 325 g/mol. The summed E-state index contributed by atoms with van der Waals surface area (Å²) in [7, 11) is 0. The predicted octanol–water partition coefficient (Wildman–Crippen LogP) is 2.05. The molecule has 0 atom stereocenters. The van der Waals surface area contributed by atoms with Gasteiger partial charge in [-0.2, -0.15) is 5.10 Å². The fourth-order valence-electron chi connectivity index (χ4n) is 2.95. The molecular weight excluding hydrogens is 306 g/mol. The van der Waals surface area contributed by atoms with E-state index < -0.39 is 11.8 Å². The van der Waals surface area contributed by atoms with E-state index in [1.165, 1.54) is 6.21 Å². The van der Waals surface area contributed by atoms with Crippen LogP contribution in [0.4, 0.5) is 0 Å². The quantitative estimate of drug-likeness (QED) is 0.458. The molecule has 2 amide bonds. The molecule has 3 rings (SSSR count). The molecule has 0 radical (unpaired) electrons. The van der Waals surface area contributed by atoms with Crippen molar-refractivity contribution in [3.8, 4) is 5.75 Å². The standard InChI is InChI=1S/C18H19N3O3/c22-16-10-9-12-5-1-4-8-14(12)15(16)11-19-21-18(24)17(23)20-13-6-2-3-7-13/h1,4-5,8-11,13,22H,2-3,6-7H2,(H,20,23)(H,21,24)/b19-11-. The highest BCUT2D eigenvalue weighted by Crippen LogP contribution is 2.25. The summed E-state index contributed by atoms with van der Waals surface area (Å²) >= 11 is 0. The largest absolute Gasteiger partial charge is 0.507 e. The van der Waals surface area contributed by atoms with Crippen LogP contribution >= 0.6 is 0 Å². The van der Waals surface area contributed by atoms with E-state index in [2.05, 4.69) is 15.8 Å². The van der Waals surface area contributed by atoms with Crippen LogP contribution in [-0.2, 0) is 9.59 Å². The molecule has 0 heterocycles. The number of carbonyl (C=O) groups excluding carboxylic acids is 2. The summed E-state index contributed by atoms with van der Waals surface area (Å²) in [5.74, 6) is -1.43. The van der Waals surface area contributed by atoms with Gasteiger partial charge in [-0.3, -0.25) is 9.59 Å². The van der Waals surface area contributed by atoms with Crippen molar-refractivity contribution in [3.63, 3.8) is 0 Å². The van der Waals surface area contributed by atoms with E-state index in [9.17, 15) is 14.7 Å². The Morgan fingerprint density at radius 1 is 1.08 bits per heavy atom. The highest BCUT2D eigenvalue weighted by molar-refractivity contribution is 6.35. The first-order valence-electron chi connectivity index (χ1n) is 8.00. The molecule has 124 valence electrons. The van der Waals surface area contributed by atoms with Gasteiger partial charge in [0.25, 0.3) is 0 Å². The summed E-state index contributed by atoms with van der Waals surface area (Å²) in [6, 6.07) is 11.0. The van der Waals surface area contributed by atoms with Crippen LogP contribution in [0.1, 0.15) is 31.2 Å². The number of benzene rings is 2. The zero-order valence-corrected chi connectivity index (χ0v) is 13.2. The van der Waals surface area contributed by atoms with Crippen LogP contribution < -0.4 is 10.7 Å². The normalized spacial score (nSPS) is 15.0. The molecule has 1 saturated carbocycles. The van der Waals surface area contributed by atoms with E-state index in [1.54, 1.807) is 12.1 Å². The lowest BCUT2D eigenvalue weighted by molar-refractivity contribution is -0.139. The van der Waals surface area contributed by atoms with Gasteiger partial charge in [0, 0.05) is 11.6 Å². The number of hydrazone groups is 1. The molecule has 0 saturated heterocycles. The third kappa shape index (κ3) is 3.53. The minimum absolute atomic E-state index is 0.0575. The van der Waals surface area contributed by atoms with Gasteiger partial charge in [-0.05, 0) is 29.7 Å². The highest BCUT2D eigenvalue weighted by atomic mass is 16.3. The first-order valence-corrected chi connectivity index (χ1v) is 8.00. The number of rotatable bonds is 3. The van der Waals surface area contributed by atoms with Crippen molar-refractivity contribution in [1.29, 1.82) is 0 Å². The van der Waals surface area contributed by atoms with Gasteiger partial charge in [0.15, 0.2) is 0 Å². The zero-order valence-electron chi connectivity index (χ0n) is 13.2. The topological polar surface area (TPSA) is 90.8 Å². The molecule has 3 N–H and O–H groups in total. The summed E-state index contributed by atoms with van der Waals surface area (Å²) in [4.78, 5) is 23.5. The predicted molar refractivity (Wildman–Crippen MR) is 91.7 cm³/mol. The second kappa shape index (κ2) is 7.12. The first-order chi connectivity index (χ1) is 11.6. The highest BCUT2D eigenvalue weighted by Gasteiger charge is 2.21. The molecule has 2 aromatic rings. The number of nitrogens with one attached hydrogen (secondary N) is 2. The molecule has 2 aromatic carbocycles. The number of fused-ring (bicyclic) bond motifs is 1. The Hall–Kier alpha value is -2.89. The minimum atomic E-state index is -0.808. The fraction of sp³-hybridized carbons (Fsp3) is 0.278. The Kier molecular flexibility index (Phi) is 4.74. The Morgan fingerprint density at radius 3 is 2.62 bits per heavy atom. The number of nitrogens with zero attached hydrogens (tertiary/aromatic N) is 1. The van der Waals surface area contributed by atoms with Crippen LogP contribution in [0.15, 0.2) is 41.5 Å². The van der Waals surface area contributed by atoms with E-state index in [0.717, 1.165) is 36.5 Å². The van der Waals surface area contributed by atoms with Crippen molar-refractivity contribution >= 4 is 28.8 Å². The summed E-state index contributed by atoms with van der Waals surface area (Å²) in [6.07, 6.45) is 5.31. The smallest absolute Gasteiger partial charge is 0.329 e. The fourth-order valence-corrected chi connectivity index (χ4v) is 2.95. The van der Waals surface area contributed by atoms with Crippen molar-refractivity contribution in [3.05, 3.63) is 42.0 Å². The molecule has 1 fully saturated rings. The van der Waals surface area contributed by atoms with Crippen molar-refractivity contribution in [2.24, 2.45) is 5.10 Å². The van der Waals surface area contributed by atoms with Crippen molar-refractivity contribution in [2.45, 2.75) is 31.7 Å². The van der Waals surface area contributed by atoms with Gasteiger partial charge >= 0.3 is 11.8 Å². The molecule has 0 spiro atoms. The van der Waals surface area contributed by atoms with E-state index in [0.29, 0.717) is 5.56 Å². The van der Waals surface area contributed by atoms with Crippen LogP contribution in [0.25, 0.3) is 10.8 Å². The van der Waals surface area contributed by atoms with Gasteiger partial charge in [-0.15, -0.1) is 0 Å². The summed E-state index contributed by atoms with van der Waals surface area (Å²) in [5, 5.41) is 18.2. The van der Waals surface area contributed by atoms with Crippen LogP contribution in [-0.4, -0.2) is 29.2 Å². The van der Waals surface area contributed by atoms with E-state index in [1.807, 2.05) is 24.3 Å². The van der Waals surface area contributed by atoms with Crippen molar-refractivity contribution in [2.75, 3.05) is 0 Å². The lowest BCUT2D eigenvalue weighted by Gasteiger charge is -2.10. The van der Waals surface area contributed by atoms with E-state index >= 15 is 0 Å². The molecule has 0 aromatic heterocycles. The van der Waals surface area contributed by atoms with Gasteiger partial charge in [0.1, 0.15) is 5.75 Å². The third-order valence-electron chi connectivity index (χ3n) is 4.20. The zero-order chi connectivity index (χ0) is 16.9. The van der Waals surface area contributed by atoms with Gasteiger partial charge in [0.2, 0.25) is 0 Å². The number of phenolic OH excluding ortho intramolecular Hbond substituents is 1. The Labute approximate surface area is 139 Å². The number of amides is 2. The maximum atomic E-state index is 11.8. The van der Waals surface area contributed by atoms with Crippen LogP contribution in [0, 0.1) is 0 Å². The first kappa shape index (κ1) is 16.0. The third-order valence-corrected chi connectivity index (χ3v) is 4.20. The monoisotopic (exact) mass is 325 g/mol. The Morgan fingerprint density at radius 2 is 1.83 bits per heavy atom. The molecule has 24 heavy (non-hydrogen) atoms. The lowest BCUT2D eigenvalue weighted by atomic mass is 10.0. The Bertz CT molecular complexity index is 795. The number of aromatic hydroxyl groups is 1. The van der Waals surface area contributed by atoms with Crippen molar-refractivity contribution < 1.29 is 14.7 Å². The molecule has 0 unspecified atom stereocenters. The van der Waals surface area contributed by atoms with E-state index in [-0.39, 0.29) is 11.8 Å². The molecular formula is C18H19N3O3. The Balaban J connectivity index is 1.67. The van der Waals surface area contributed by atoms with Crippen LogP contribution in [0.5, 0.6) is 5.75 Å². The number of hydrogen-bond acceptors (Lipinski definition) is 4. The molecule has 1 aliphatic rings. The van der Waals surface area contributed by atoms with E-state index in [4.69, 9.17) is 0 Å². The number of hydrogen-bond donors (Lipinski definition) is 3. The lowest BCUT2D eigenvalue weighted by Crippen LogP contribution is -2.42. The second-order valence-corrected chi connectivity index (χ2v) is 5.87. The summed E-state index contributed by atoms with van der Waals surface area (Å²) in [5.41, 5.74) is 2.69.